The number of rotatable bonds is 10. The molecule has 0 heterocycles. The number of carbonyl (C=O) groups excluding carboxylic acids is 1. The molecular formula is C17H28N4O2. The third-order valence-electron chi connectivity index (χ3n) is 3.14. The van der Waals surface area contributed by atoms with Gasteiger partial charge in [0.25, 0.3) is 5.91 Å². The van der Waals surface area contributed by atoms with Gasteiger partial charge in [-0.25, -0.2) is 0 Å². The largest absolute Gasteiger partial charge is 0.484 e. The van der Waals surface area contributed by atoms with Crippen LogP contribution in [0.5, 0.6) is 5.75 Å². The summed E-state index contributed by atoms with van der Waals surface area (Å²) in [6, 6.07) is 7.66. The van der Waals surface area contributed by atoms with Crippen molar-refractivity contribution in [2.24, 2.45) is 10.7 Å². The number of aliphatic imine (C=N–C) groups is 1. The van der Waals surface area contributed by atoms with Crippen molar-refractivity contribution in [3.8, 4) is 5.75 Å². The third-order valence-corrected chi connectivity index (χ3v) is 3.14. The molecule has 4 N–H and O–H groups in total. The Morgan fingerprint density at radius 1 is 1.22 bits per heavy atom. The van der Waals surface area contributed by atoms with Gasteiger partial charge >= 0.3 is 0 Å². The van der Waals surface area contributed by atoms with Crippen LogP contribution in [0.4, 0.5) is 0 Å². The van der Waals surface area contributed by atoms with Crippen molar-refractivity contribution in [1.29, 1.82) is 0 Å². The molecule has 0 bridgehead atoms. The topological polar surface area (TPSA) is 88.7 Å². The van der Waals surface area contributed by atoms with Crippen LogP contribution in [0.3, 0.4) is 0 Å². The first-order chi connectivity index (χ1) is 11.2. The molecule has 0 radical (unpaired) electrons. The predicted octanol–water partition coefficient (Wildman–Crippen LogP) is 1.45. The molecule has 0 aliphatic carbocycles. The van der Waals surface area contributed by atoms with E-state index in [0.717, 1.165) is 44.9 Å². The van der Waals surface area contributed by atoms with E-state index < -0.39 is 5.91 Å². The normalized spacial score (nSPS) is 11.1. The van der Waals surface area contributed by atoms with E-state index in [-0.39, 0.29) is 6.61 Å². The average molecular weight is 320 g/mol. The van der Waals surface area contributed by atoms with E-state index in [1.165, 1.54) is 5.56 Å². The maximum Gasteiger partial charge on any atom is 0.255 e. The molecule has 0 saturated carbocycles. The smallest absolute Gasteiger partial charge is 0.255 e. The number of unbranched alkanes of at least 4 members (excludes halogenated alkanes) is 1. The summed E-state index contributed by atoms with van der Waals surface area (Å²) in [7, 11) is 0. The Bertz CT molecular complexity index is 486. The van der Waals surface area contributed by atoms with Crippen molar-refractivity contribution in [2.45, 2.75) is 33.1 Å². The highest BCUT2D eigenvalue weighted by Gasteiger charge is 2.00. The lowest BCUT2D eigenvalue weighted by Gasteiger charge is -2.11. The van der Waals surface area contributed by atoms with Crippen LogP contribution in [0, 0.1) is 0 Å². The second kappa shape index (κ2) is 11.3. The quantitative estimate of drug-likeness (QED) is 0.346. The van der Waals surface area contributed by atoms with E-state index in [0.29, 0.717) is 5.75 Å². The molecule has 0 aromatic heterocycles. The minimum atomic E-state index is -0.475. The number of primary amides is 1. The zero-order chi connectivity index (χ0) is 16.9. The Labute approximate surface area is 138 Å². The molecule has 0 spiro atoms. The first-order valence-corrected chi connectivity index (χ1v) is 8.18. The summed E-state index contributed by atoms with van der Waals surface area (Å²) >= 11 is 0. The van der Waals surface area contributed by atoms with Gasteiger partial charge in [0, 0.05) is 19.6 Å². The number of nitrogens with zero attached hydrogens (tertiary/aromatic N) is 1. The van der Waals surface area contributed by atoms with Crippen LogP contribution in [0.15, 0.2) is 29.3 Å². The van der Waals surface area contributed by atoms with E-state index >= 15 is 0 Å². The molecule has 0 atom stereocenters. The molecule has 1 rings (SSSR count). The number of nitrogens with one attached hydrogen (secondary N) is 2. The van der Waals surface area contributed by atoms with Crippen molar-refractivity contribution < 1.29 is 9.53 Å². The highest BCUT2D eigenvalue weighted by molar-refractivity contribution is 5.79. The van der Waals surface area contributed by atoms with E-state index in [1.54, 1.807) is 0 Å². The van der Waals surface area contributed by atoms with E-state index in [4.69, 9.17) is 10.5 Å². The zero-order valence-electron chi connectivity index (χ0n) is 14.1. The monoisotopic (exact) mass is 320 g/mol. The molecule has 0 aliphatic rings. The first-order valence-electron chi connectivity index (χ1n) is 8.18. The van der Waals surface area contributed by atoms with Crippen LogP contribution >= 0.6 is 0 Å². The van der Waals surface area contributed by atoms with Crippen LogP contribution in [-0.4, -0.2) is 38.1 Å². The summed E-state index contributed by atoms with van der Waals surface area (Å²) in [5, 5.41) is 6.57. The number of nitrogens with two attached hydrogens (primary N) is 1. The summed E-state index contributed by atoms with van der Waals surface area (Å²) in [6.45, 7) is 6.62. The van der Waals surface area contributed by atoms with E-state index in [2.05, 4.69) is 29.5 Å². The lowest BCUT2D eigenvalue weighted by Crippen LogP contribution is -2.38. The van der Waals surface area contributed by atoms with Gasteiger partial charge in [-0.05, 0) is 37.5 Å². The fraction of sp³-hybridized carbons (Fsp3) is 0.529. The number of amides is 1. The molecule has 1 aromatic rings. The summed E-state index contributed by atoms with van der Waals surface area (Å²) < 4.78 is 5.23. The second-order valence-electron chi connectivity index (χ2n) is 5.19. The van der Waals surface area contributed by atoms with Gasteiger partial charge in [-0.2, -0.15) is 0 Å². The van der Waals surface area contributed by atoms with Gasteiger partial charge in [-0.1, -0.05) is 25.5 Å². The molecule has 6 heteroatoms. The van der Waals surface area contributed by atoms with Gasteiger partial charge in [0.1, 0.15) is 5.75 Å². The Balaban J connectivity index is 2.38. The molecule has 128 valence electrons. The Morgan fingerprint density at radius 3 is 2.57 bits per heavy atom. The van der Waals surface area contributed by atoms with Crippen molar-refractivity contribution in [1.82, 2.24) is 10.6 Å². The van der Waals surface area contributed by atoms with Crippen molar-refractivity contribution in [3.63, 3.8) is 0 Å². The van der Waals surface area contributed by atoms with Crippen LogP contribution in [-0.2, 0) is 11.2 Å². The highest BCUT2D eigenvalue weighted by Crippen LogP contribution is 2.12. The third kappa shape index (κ3) is 8.70. The predicted molar refractivity (Wildman–Crippen MR) is 93.7 cm³/mol. The molecule has 0 fully saturated rings. The minimum Gasteiger partial charge on any atom is -0.484 e. The van der Waals surface area contributed by atoms with Crippen LogP contribution in [0.2, 0.25) is 0 Å². The number of hydrogen-bond acceptors (Lipinski definition) is 3. The minimum absolute atomic E-state index is 0.0961. The lowest BCUT2D eigenvalue weighted by atomic mass is 10.1. The number of guanidine groups is 1. The molecule has 0 unspecified atom stereocenters. The second-order valence-corrected chi connectivity index (χ2v) is 5.19. The van der Waals surface area contributed by atoms with Crippen LogP contribution in [0.1, 0.15) is 32.3 Å². The Hall–Kier alpha value is -2.24. The number of hydrogen-bond donors (Lipinski definition) is 3. The summed E-state index contributed by atoms with van der Waals surface area (Å²) in [6.07, 6.45) is 3.13. The van der Waals surface area contributed by atoms with E-state index in [9.17, 15) is 4.79 Å². The van der Waals surface area contributed by atoms with Gasteiger partial charge in [0.15, 0.2) is 12.6 Å². The number of ether oxygens (including phenoxy) is 1. The van der Waals surface area contributed by atoms with Gasteiger partial charge in [-0.15, -0.1) is 0 Å². The van der Waals surface area contributed by atoms with Gasteiger partial charge in [0.05, 0.1) is 0 Å². The van der Waals surface area contributed by atoms with Gasteiger partial charge in [0.2, 0.25) is 0 Å². The first kappa shape index (κ1) is 18.8. The van der Waals surface area contributed by atoms with Crippen molar-refractivity contribution in [2.75, 3.05) is 26.2 Å². The average Bonchev–Trinajstić information content (AvgIpc) is 2.54. The van der Waals surface area contributed by atoms with Crippen LogP contribution < -0.4 is 21.1 Å². The van der Waals surface area contributed by atoms with Crippen molar-refractivity contribution >= 4 is 11.9 Å². The molecule has 6 nitrogen and oxygen atoms in total. The summed E-state index contributed by atoms with van der Waals surface area (Å²) in [5.41, 5.74) is 6.23. The zero-order valence-corrected chi connectivity index (χ0v) is 14.1. The Kier molecular flexibility index (Phi) is 9.28. The highest BCUT2D eigenvalue weighted by atomic mass is 16.5. The fourth-order valence-corrected chi connectivity index (χ4v) is 1.92. The summed E-state index contributed by atoms with van der Waals surface area (Å²) in [4.78, 5) is 15.2. The lowest BCUT2D eigenvalue weighted by molar-refractivity contribution is -0.119. The maximum atomic E-state index is 10.7. The number of benzene rings is 1. The molecule has 1 aromatic carbocycles. The fourth-order valence-electron chi connectivity index (χ4n) is 1.92. The van der Waals surface area contributed by atoms with E-state index in [1.807, 2.05) is 24.3 Å². The standard InChI is InChI=1S/C17H28N4O2/c1-3-5-11-20-17(19-4-2)21-12-10-14-6-8-15(9-7-14)23-13-16(18)22/h6-9H,3-5,10-13H2,1-2H3,(H2,18,22)(H2,19,20,21). The Morgan fingerprint density at radius 2 is 1.96 bits per heavy atom. The van der Waals surface area contributed by atoms with Gasteiger partial charge < -0.3 is 21.1 Å². The molecule has 23 heavy (non-hydrogen) atoms. The van der Waals surface area contributed by atoms with Crippen molar-refractivity contribution in [3.05, 3.63) is 29.8 Å². The molecule has 0 aliphatic heterocycles. The SMILES string of the molecule is CCCCN=C(NCC)NCCc1ccc(OCC(N)=O)cc1. The summed E-state index contributed by atoms with van der Waals surface area (Å²) in [5.74, 6) is 1.04. The molecule has 0 saturated heterocycles. The molecule has 1 amide bonds. The van der Waals surface area contributed by atoms with Gasteiger partial charge in [-0.3, -0.25) is 9.79 Å². The van der Waals surface area contributed by atoms with Crippen LogP contribution in [0.25, 0.3) is 0 Å². The molecular weight excluding hydrogens is 292 g/mol. The maximum absolute atomic E-state index is 10.7. The number of carbonyl (C=O) groups is 1.